The van der Waals surface area contributed by atoms with Crippen LogP contribution in [0.3, 0.4) is 0 Å². The number of rotatable bonds is 3. The summed E-state index contributed by atoms with van der Waals surface area (Å²) in [5.74, 6) is 2.77. The molecule has 1 saturated heterocycles. The Morgan fingerprint density at radius 1 is 1.29 bits per heavy atom. The second-order valence-corrected chi connectivity index (χ2v) is 6.78. The summed E-state index contributed by atoms with van der Waals surface area (Å²) in [4.78, 5) is 0. The number of benzene rings is 1. The first-order valence-corrected chi connectivity index (χ1v) is 8.08. The van der Waals surface area contributed by atoms with Crippen LogP contribution in [0.4, 0.5) is 0 Å². The molecule has 0 amide bonds. The SMILES string of the molecule is COC[C@H]1[C@@H]2CC[C@@H]3c4ccc(OC)cc4CC[C@@]31OC2. The van der Waals surface area contributed by atoms with Gasteiger partial charge in [0.1, 0.15) is 5.75 Å². The van der Waals surface area contributed by atoms with Crippen LogP contribution in [-0.4, -0.2) is 33.0 Å². The van der Waals surface area contributed by atoms with E-state index < -0.39 is 0 Å². The van der Waals surface area contributed by atoms with Crippen LogP contribution >= 0.6 is 0 Å². The summed E-state index contributed by atoms with van der Waals surface area (Å²) in [5, 5.41) is 0. The van der Waals surface area contributed by atoms with Crippen molar-refractivity contribution >= 4 is 0 Å². The lowest BCUT2D eigenvalue weighted by Gasteiger charge is -2.49. The minimum Gasteiger partial charge on any atom is -0.497 e. The molecule has 0 radical (unpaired) electrons. The summed E-state index contributed by atoms with van der Waals surface area (Å²) in [6.45, 7) is 1.77. The molecule has 3 heteroatoms. The topological polar surface area (TPSA) is 27.7 Å². The monoisotopic (exact) mass is 288 g/mol. The maximum absolute atomic E-state index is 6.44. The molecule has 1 aliphatic heterocycles. The van der Waals surface area contributed by atoms with E-state index in [0.717, 1.165) is 31.8 Å². The van der Waals surface area contributed by atoms with Crippen molar-refractivity contribution < 1.29 is 14.2 Å². The number of ether oxygens (including phenoxy) is 3. The van der Waals surface area contributed by atoms with E-state index in [1.165, 1.54) is 24.0 Å². The number of hydrogen-bond donors (Lipinski definition) is 0. The van der Waals surface area contributed by atoms with Crippen molar-refractivity contribution in [2.75, 3.05) is 27.4 Å². The van der Waals surface area contributed by atoms with Gasteiger partial charge in [-0.3, -0.25) is 0 Å². The predicted molar refractivity (Wildman–Crippen MR) is 80.8 cm³/mol. The fourth-order valence-electron chi connectivity index (χ4n) is 5.06. The molecule has 2 aliphatic carbocycles. The average Bonchev–Trinajstić information content (AvgIpc) is 2.74. The first-order valence-electron chi connectivity index (χ1n) is 8.08. The lowest BCUT2D eigenvalue weighted by Crippen LogP contribution is -2.50. The van der Waals surface area contributed by atoms with E-state index in [2.05, 4.69) is 18.2 Å². The van der Waals surface area contributed by atoms with Gasteiger partial charge in [-0.2, -0.15) is 0 Å². The minimum absolute atomic E-state index is 0.0283. The second-order valence-electron chi connectivity index (χ2n) is 6.78. The predicted octanol–water partition coefficient (Wildman–Crippen LogP) is 3.17. The summed E-state index contributed by atoms with van der Waals surface area (Å²) in [5.41, 5.74) is 2.97. The Bertz CT molecular complexity index is 541. The third-order valence-corrected chi connectivity index (χ3v) is 6.04. The maximum Gasteiger partial charge on any atom is 0.119 e. The molecule has 1 saturated carbocycles. The molecule has 2 bridgehead atoms. The highest BCUT2D eigenvalue weighted by Crippen LogP contribution is 2.58. The first kappa shape index (κ1) is 13.6. The Morgan fingerprint density at radius 3 is 3.00 bits per heavy atom. The summed E-state index contributed by atoms with van der Waals surface area (Å²) in [7, 11) is 3.56. The van der Waals surface area contributed by atoms with E-state index in [1.807, 2.05) is 7.11 Å². The van der Waals surface area contributed by atoms with E-state index in [-0.39, 0.29) is 5.60 Å². The number of hydrogen-bond acceptors (Lipinski definition) is 3. The second kappa shape index (κ2) is 4.99. The van der Waals surface area contributed by atoms with Crippen molar-refractivity contribution in [3.05, 3.63) is 29.3 Å². The molecular formula is C18H24O3. The van der Waals surface area contributed by atoms with Gasteiger partial charge < -0.3 is 14.2 Å². The Labute approximate surface area is 126 Å². The number of aryl methyl sites for hydroxylation is 1. The van der Waals surface area contributed by atoms with Gasteiger partial charge in [-0.05, 0) is 54.9 Å². The maximum atomic E-state index is 6.44. The van der Waals surface area contributed by atoms with Gasteiger partial charge in [0.05, 0.1) is 25.9 Å². The van der Waals surface area contributed by atoms with E-state index in [1.54, 1.807) is 7.11 Å². The van der Waals surface area contributed by atoms with E-state index in [0.29, 0.717) is 17.8 Å². The molecule has 4 rings (SSSR count). The van der Waals surface area contributed by atoms with Crippen LogP contribution in [0, 0.1) is 11.8 Å². The summed E-state index contributed by atoms with van der Waals surface area (Å²) < 4.78 is 17.4. The van der Waals surface area contributed by atoms with Crippen molar-refractivity contribution in [2.45, 2.75) is 37.2 Å². The van der Waals surface area contributed by atoms with Gasteiger partial charge in [-0.15, -0.1) is 0 Å². The Hall–Kier alpha value is -1.06. The van der Waals surface area contributed by atoms with Crippen molar-refractivity contribution in [1.82, 2.24) is 0 Å². The Morgan fingerprint density at radius 2 is 2.19 bits per heavy atom. The van der Waals surface area contributed by atoms with Crippen LogP contribution in [0.25, 0.3) is 0 Å². The van der Waals surface area contributed by atoms with Crippen LogP contribution < -0.4 is 4.74 Å². The lowest BCUT2D eigenvalue weighted by atomic mass is 9.59. The van der Waals surface area contributed by atoms with Crippen LogP contribution in [0.15, 0.2) is 18.2 Å². The van der Waals surface area contributed by atoms with Crippen molar-refractivity contribution in [2.24, 2.45) is 11.8 Å². The quantitative estimate of drug-likeness (QED) is 0.855. The molecule has 21 heavy (non-hydrogen) atoms. The van der Waals surface area contributed by atoms with Crippen LogP contribution in [-0.2, 0) is 15.9 Å². The fourth-order valence-corrected chi connectivity index (χ4v) is 5.06. The zero-order chi connectivity index (χ0) is 14.4. The summed E-state index contributed by atoms with van der Waals surface area (Å²) >= 11 is 0. The summed E-state index contributed by atoms with van der Waals surface area (Å²) in [6, 6.07) is 6.59. The zero-order valence-electron chi connectivity index (χ0n) is 12.9. The molecule has 3 aliphatic rings. The highest BCUT2D eigenvalue weighted by atomic mass is 16.5. The molecule has 0 unspecified atom stereocenters. The van der Waals surface area contributed by atoms with Gasteiger partial charge in [-0.25, -0.2) is 0 Å². The number of fused-ring (bicyclic) bond motifs is 3. The average molecular weight is 288 g/mol. The van der Waals surface area contributed by atoms with E-state index in [9.17, 15) is 0 Å². The molecule has 1 spiro atoms. The van der Waals surface area contributed by atoms with Gasteiger partial charge in [0.2, 0.25) is 0 Å². The molecule has 0 N–H and O–H groups in total. The van der Waals surface area contributed by atoms with Crippen LogP contribution in [0.2, 0.25) is 0 Å². The third kappa shape index (κ3) is 1.87. The summed E-state index contributed by atoms with van der Waals surface area (Å²) in [6.07, 6.45) is 4.74. The molecule has 114 valence electrons. The third-order valence-electron chi connectivity index (χ3n) is 6.04. The van der Waals surface area contributed by atoms with E-state index in [4.69, 9.17) is 14.2 Å². The molecule has 4 atom stereocenters. The molecule has 0 aromatic heterocycles. The highest BCUT2D eigenvalue weighted by Gasteiger charge is 2.58. The molecule has 1 aromatic carbocycles. The van der Waals surface area contributed by atoms with Crippen molar-refractivity contribution in [3.8, 4) is 5.75 Å². The molecule has 1 heterocycles. The van der Waals surface area contributed by atoms with Gasteiger partial charge in [-0.1, -0.05) is 6.07 Å². The van der Waals surface area contributed by atoms with Gasteiger partial charge >= 0.3 is 0 Å². The zero-order valence-corrected chi connectivity index (χ0v) is 12.9. The minimum atomic E-state index is 0.0283. The normalized spacial score (nSPS) is 37.0. The van der Waals surface area contributed by atoms with Crippen molar-refractivity contribution in [3.63, 3.8) is 0 Å². The number of methoxy groups -OCH3 is 2. The van der Waals surface area contributed by atoms with Crippen LogP contribution in [0.1, 0.15) is 36.3 Å². The molecule has 2 fully saturated rings. The smallest absolute Gasteiger partial charge is 0.119 e. The van der Waals surface area contributed by atoms with Gasteiger partial charge in [0.25, 0.3) is 0 Å². The van der Waals surface area contributed by atoms with Crippen LogP contribution in [0.5, 0.6) is 5.75 Å². The Kier molecular flexibility index (Phi) is 3.23. The standard InChI is InChI=1S/C18H24O3/c1-19-11-17-13-3-6-16-15-5-4-14(20-2)9-12(15)7-8-18(16,17)21-10-13/h4-5,9,13,16-17H,3,6-8,10-11H2,1-2H3/t13-,16-,17+,18-/m1/s1. The Balaban J connectivity index is 1.74. The van der Waals surface area contributed by atoms with Gasteiger partial charge in [0, 0.05) is 18.9 Å². The lowest BCUT2D eigenvalue weighted by molar-refractivity contribution is -0.0786. The first-order chi connectivity index (χ1) is 10.3. The highest BCUT2D eigenvalue weighted by molar-refractivity contribution is 5.42. The van der Waals surface area contributed by atoms with E-state index >= 15 is 0 Å². The molecule has 1 aromatic rings. The molecule has 3 nitrogen and oxygen atoms in total. The fraction of sp³-hybridized carbons (Fsp3) is 0.667. The van der Waals surface area contributed by atoms with Gasteiger partial charge in [0.15, 0.2) is 0 Å². The largest absolute Gasteiger partial charge is 0.497 e. The van der Waals surface area contributed by atoms with Crippen molar-refractivity contribution in [1.29, 1.82) is 0 Å². The molecular weight excluding hydrogens is 264 g/mol.